The Morgan fingerprint density at radius 2 is 2.25 bits per heavy atom. The minimum Gasteiger partial charge on any atom is -0.372 e. The van der Waals surface area contributed by atoms with Crippen LogP contribution in [0, 0.1) is 6.92 Å². The Morgan fingerprint density at radius 3 is 3.00 bits per heavy atom. The van der Waals surface area contributed by atoms with E-state index in [0.717, 1.165) is 21.9 Å². The number of aryl methyl sites for hydroxylation is 1. The van der Waals surface area contributed by atoms with Crippen molar-refractivity contribution in [1.29, 1.82) is 0 Å². The van der Waals surface area contributed by atoms with E-state index >= 15 is 0 Å². The van der Waals surface area contributed by atoms with Crippen molar-refractivity contribution in [3.8, 4) is 0 Å². The maximum Gasteiger partial charge on any atom is 0.138 e. The van der Waals surface area contributed by atoms with Gasteiger partial charge in [0, 0.05) is 7.05 Å². The lowest BCUT2D eigenvalue weighted by Gasteiger charge is -2.00. The average Bonchev–Trinajstić information content (AvgIpc) is 2.50. The highest BCUT2D eigenvalue weighted by atomic mass is 32.1. The van der Waals surface area contributed by atoms with E-state index in [1.54, 1.807) is 11.3 Å². The number of anilines is 1. The lowest BCUT2D eigenvalue weighted by Crippen LogP contribution is -1.96. The van der Waals surface area contributed by atoms with Crippen molar-refractivity contribution in [3.05, 3.63) is 17.3 Å². The van der Waals surface area contributed by atoms with Crippen LogP contribution in [0.5, 0.6) is 0 Å². The van der Waals surface area contributed by atoms with Gasteiger partial charge in [-0.25, -0.2) is 9.97 Å². The molecule has 0 radical (unpaired) electrons. The number of hydrogen-bond donors (Lipinski definition) is 1. The Labute approximate surface area is 74.5 Å². The van der Waals surface area contributed by atoms with Crippen LogP contribution in [0.2, 0.25) is 0 Å². The Morgan fingerprint density at radius 1 is 1.42 bits per heavy atom. The number of hydrogen-bond acceptors (Lipinski definition) is 4. The maximum atomic E-state index is 4.31. The molecule has 0 aliphatic heterocycles. The van der Waals surface area contributed by atoms with E-state index in [1.807, 2.05) is 25.4 Å². The van der Waals surface area contributed by atoms with Crippen LogP contribution in [-0.2, 0) is 0 Å². The number of nitrogens with zero attached hydrogens (tertiary/aromatic N) is 2. The molecule has 4 heteroatoms. The minimum atomic E-state index is 0.814. The third-order valence-electron chi connectivity index (χ3n) is 1.67. The van der Waals surface area contributed by atoms with Gasteiger partial charge < -0.3 is 5.32 Å². The molecule has 0 bridgehead atoms. The number of thiophene rings is 1. The zero-order valence-corrected chi connectivity index (χ0v) is 7.77. The first-order valence-corrected chi connectivity index (χ1v) is 4.59. The second-order valence-electron chi connectivity index (χ2n) is 2.51. The van der Waals surface area contributed by atoms with Crippen molar-refractivity contribution in [2.24, 2.45) is 0 Å². The predicted octanol–water partition coefficient (Wildman–Crippen LogP) is 2.04. The van der Waals surface area contributed by atoms with Crippen molar-refractivity contribution in [3.63, 3.8) is 0 Å². The highest BCUT2D eigenvalue weighted by molar-refractivity contribution is 7.16. The minimum absolute atomic E-state index is 0.814. The molecule has 0 aliphatic rings. The summed E-state index contributed by atoms with van der Waals surface area (Å²) in [4.78, 5) is 9.64. The number of aromatic nitrogens is 2. The van der Waals surface area contributed by atoms with E-state index in [0.29, 0.717) is 0 Å². The molecule has 0 unspecified atom stereocenters. The normalized spacial score (nSPS) is 10.5. The Hall–Kier alpha value is -1.16. The SMILES string of the molecule is CNc1nc(C)nc2sccc12. The topological polar surface area (TPSA) is 37.8 Å². The first-order valence-electron chi connectivity index (χ1n) is 3.71. The molecule has 0 spiro atoms. The summed E-state index contributed by atoms with van der Waals surface area (Å²) in [6, 6.07) is 2.03. The Bertz CT molecular complexity index is 408. The Balaban J connectivity index is 2.80. The monoisotopic (exact) mass is 179 g/mol. The molecule has 0 fully saturated rings. The lowest BCUT2D eigenvalue weighted by atomic mass is 10.4. The Kier molecular flexibility index (Phi) is 1.69. The van der Waals surface area contributed by atoms with Crippen molar-refractivity contribution in [1.82, 2.24) is 9.97 Å². The summed E-state index contributed by atoms with van der Waals surface area (Å²) in [5.74, 6) is 1.73. The fourth-order valence-corrected chi connectivity index (χ4v) is 1.96. The van der Waals surface area contributed by atoms with Crippen LogP contribution in [-0.4, -0.2) is 17.0 Å². The fraction of sp³-hybridized carbons (Fsp3) is 0.250. The van der Waals surface area contributed by atoms with Gasteiger partial charge in [0.05, 0.1) is 5.39 Å². The molecule has 12 heavy (non-hydrogen) atoms. The predicted molar refractivity (Wildman–Crippen MR) is 51.7 cm³/mol. The van der Waals surface area contributed by atoms with Gasteiger partial charge in [-0.3, -0.25) is 0 Å². The van der Waals surface area contributed by atoms with Crippen LogP contribution >= 0.6 is 11.3 Å². The fourth-order valence-electron chi connectivity index (χ4n) is 1.15. The molecule has 0 amide bonds. The first-order chi connectivity index (χ1) is 5.81. The van der Waals surface area contributed by atoms with Gasteiger partial charge in [0.15, 0.2) is 0 Å². The maximum absolute atomic E-state index is 4.31. The van der Waals surface area contributed by atoms with Crippen molar-refractivity contribution in [2.45, 2.75) is 6.92 Å². The largest absolute Gasteiger partial charge is 0.372 e. The molecular formula is C8H9N3S. The molecule has 0 aromatic carbocycles. The van der Waals surface area contributed by atoms with Gasteiger partial charge in [-0.05, 0) is 18.4 Å². The van der Waals surface area contributed by atoms with E-state index in [1.165, 1.54) is 0 Å². The standard InChI is InChI=1S/C8H9N3S/c1-5-10-7(9-2)6-3-4-12-8(6)11-5/h3-4H,1-2H3,(H,9,10,11). The molecule has 62 valence electrons. The summed E-state index contributed by atoms with van der Waals surface area (Å²) in [5, 5.41) is 6.18. The van der Waals surface area contributed by atoms with E-state index < -0.39 is 0 Å². The van der Waals surface area contributed by atoms with Gasteiger partial charge >= 0.3 is 0 Å². The number of fused-ring (bicyclic) bond motifs is 1. The molecule has 2 heterocycles. The second-order valence-corrected chi connectivity index (χ2v) is 3.40. The van der Waals surface area contributed by atoms with Crippen LogP contribution in [0.15, 0.2) is 11.4 Å². The molecule has 2 aromatic heterocycles. The van der Waals surface area contributed by atoms with Crippen LogP contribution < -0.4 is 5.32 Å². The summed E-state index contributed by atoms with van der Waals surface area (Å²) < 4.78 is 0. The second kappa shape index (κ2) is 2.71. The molecule has 3 nitrogen and oxygen atoms in total. The molecular weight excluding hydrogens is 170 g/mol. The van der Waals surface area contributed by atoms with Gasteiger partial charge in [-0.15, -0.1) is 11.3 Å². The average molecular weight is 179 g/mol. The summed E-state index contributed by atoms with van der Waals surface area (Å²) in [5.41, 5.74) is 0. The van der Waals surface area contributed by atoms with E-state index in [2.05, 4.69) is 15.3 Å². The van der Waals surface area contributed by atoms with E-state index in [4.69, 9.17) is 0 Å². The lowest BCUT2D eigenvalue weighted by molar-refractivity contribution is 1.10. The molecule has 1 N–H and O–H groups in total. The summed E-state index contributed by atoms with van der Waals surface area (Å²) >= 11 is 1.64. The van der Waals surface area contributed by atoms with Crippen LogP contribution in [0.25, 0.3) is 10.2 Å². The highest BCUT2D eigenvalue weighted by Gasteiger charge is 2.03. The van der Waals surface area contributed by atoms with Crippen LogP contribution in [0.3, 0.4) is 0 Å². The van der Waals surface area contributed by atoms with Crippen LogP contribution in [0.4, 0.5) is 5.82 Å². The van der Waals surface area contributed by atoms with E-state index in [9.17, 15) is 0 Å². The number of nitrogens with one attached hydrogen (secondary N) is 1. The third kappa shape index (κ3) is 1.04. The molecule has 0 aliphatic carbocycles. The van der Waals surface area contributed by atoms with Gasteiger partial charge in [0.25, 0.3) is 0 Å². The quantitative estimate of drug-likeness (QED) is 0.728. The molecule has 2 aromatic rings. The molecule has 0 saturated heterocycles. The molecule has 2 rings (SSSR count). The summed E-state index contributed by atoms with van der Waals surface area (Å²) in [6.07, 6.45) is 0. The molecule has 0 atom stereocenters. The van der Waals surface area contributed by atoms with Crippen LogP contribution in [0.1, 0.15) is 5.82 Å². The summed E-state index contributed by atoms with van der Waals surface area (Å²) in [6.45, 7) is 1.90. The third-order valence-corrected chi connectivity index (χ3v) is 2.48. The van der Waals surface area contributed by atoms with Gasteiger partial charge in [-0.2, -0.15) is 0 Å². The molecule has 0 saturated carbocycles. The summed E-state index contributed by atoms with van der Waals surface area (Å²) in [7, 11) is 1.87. The van der Waals surface area contributed by atoms with Crippen molar-refractivity contribution in [2.75, 3.05) is 12.4 Å². The zero-order chi connectivity index (χ0) is 8.55. The smallest absolute Gasteiger partial charge is 0.138 e. The van der Waals surface area contributed by atoms with Crippen molar-refractivity contribution >= 4 is 27.4 Å². The van der Waals surface area contributed by atoms with Crippen molar-refractivity contribution < 1.29 is 0 Å². The van der Waals surface area contributed by atoms with Gasteiger partial charge in [0.1, 0.15) is 16.5 Å². The van der Waals surface area contributed by atoms with E-state index in [-0.39, 0.29) is 0 Å². The number of rotatable bonds is 1. The van der Waals surface area contributed by atoms with Gasteiger partial charge in [0.2, 0.25) is 0 Å². The zero-order valence-electron chi connectivity index (χ0n) is 6.96. The van der Waals surface area contributed by atoms with Gasteiger partial charge in [-0.1, -0.05) is 0 Å². The first kappa shape index (κ1) is 7.49. The highest BCUT2D eigenvalue weighted by Crippen LogP contribution is 2.24.